The second kappa shape index (κ2) is 8.34. The summed E-state index contributed by atoms with van der Waals surface area (Å²) in [7, 11) is 1.24. The van der Waals surface area contributed by atoms with Crippen LogP contribution in [0.15, 0.2) is 0 Å². The number of rotatable bonds is 8. The minimum atomic E-state index is -0.822. The fraction of sp³-hybridized carbons (Fsp3) is 0.750. The Bertz CT molecular complexity index is 328. The molecule has 0 saturated heterocycles. The number of carboxylic acids is 1. The average Bonchev–Trinajstić information content (AvgIpc) is 2.33. The molecule has 0 aromatic heterocycles. The first kappa shape index (κ1) is 17.2. The van der Waals surface area contributed by atoms with Gasteiger partial charge in [-0.05, 0) is 18.3 Å². The van der Waals surface area contributed by atoms with Crippen LogP contribution in [0.2, 0.25) is 0 Å². The number of hydrogen-bond acceptors (Lipinski definition) is 4. The number of urea groups is 1. The fourth-order valence-corrected chi connectivity index (χ4v) is 1.37. The van der Waals surface area contributed by atoms with Crippen LogP contribution in [0.3, 0.4) is 0 Å². The Kier molecular flexibility index (Phi) is 7.55. The number of nitrogens with one attached hydrogen (secondary N) is 2. The van der Waals surface area contributed by atoms with Crippen LogP contribution in [0.25, 0.3) is 0 Å². The number of esters is 1. The number of ether oxygens (including phenoxy) is 1. The molecule has 0 bridgehead atoms. The van der Waals surface area contributed by atoms with E-state index in [1.54, 1.807) is 0 Å². The molecule has 0 saturated carbocycles. The molecular weight excluding hydrogens is 252 g/mol. The number of methoxy groups -OCH3 is 1. The van der Waals surface area contributed by atoms with Crippen LogP contribution in [0.1, 0.15) is 33.1 Å². The normalized spacial score (nSPS) is 10.7. The Hall–Kier alpha value is -1.79. The first-order valence-electron chi connectivity index (χ1n) is 6.07. The standard InChI is InChI=1S/C12H22N2O5/c1-12(2,5-4-9(15)16)6-7-13-11(18)14-8-10(17)19-3/h4-8H2,1-3H3,(H,15,16)(H2,13,14,18). The van der Waals surface area contributed by atoms with Gasteiger partial charge in [0.2, 0.25) is 0 Å². The van der Waals surface area contributed by atoms with Gasteiger partial charge in [-0.1, -0.05) is 13.8 Å². The zero-order chi connectivity index (χ0) is 14.9. The molecule has 7 nitrogen and oxygen atoms in total. The number of carboxylic acid groups (broad SMARTS) is 1. The Labute approximate surface area is 112 Å². The molecule has 0 unspecified atom stereocenters. The van der Waals surface area contributed by atoms with Gasteiger partial charge >= 0.3 is 18.0 Å². The van der Waals surface area contributed by atoms with Gasteiger partial charge in [0.25, 0.3) is 0 Å². The third-order valence-electron chi connectivity index (χ3n) is 2.72. The molecule has 2 amide bonds. The summed E-state index contributed by atoms with van der Waals surface area (Å²) < 4.78 is 4.38. The van der Waals surface area contributed by atoms with E-state index in [1.807, 2.05) is 13.8 Å². The van der Waals surface area contributed by atoms with E-state index in [1.165, 1.54) is 7.11 Å². The van der Waals surface area contributed by atoms with E-state index in [-0.39, 0.29) is 18.4 Å². The Balaban J connectivity index is 3.79. The van der Waals surface area contributed by atoms with E-state index >= 15 is 0 Å². The van der Waals surface area contributed by atoms with E-state index in [2.05, 4.69) is 15.4 Å². The van der Waals surface area contributed by atoms with Crippen molar-refractivity contribution in [2.24, 2.45) is 5.41 Å². The lowest BCUT2D eigenvalue weighted by Crippen LogP contribution is -2.40. The third-order valence-corrected chi connectivity index (χ3v) is 2.72. The maximum absolute atomic E-state index is 11.3. The number of aliphatic carboxylic acids is 1. The van der Waals surface area contributed by atoms with E-state index in [4.69, 9.17) is 5.11 Å². The predicted octanol–water partition coefficient (Wildman–Crippen LogP) is 0.740. The van der Waals surface area contributed by atoms with Crippen LogP contribution < -0.4 is 10.6 Å². The van der Waals surface area contributed by atoms with Crippen LogP contribution in [-0.2, 0) is 14.3 Å². The van der Waals surface area contributed by atoms with Crippen LogP contribution >= 0.6 is 0 Å². The molecule has 3 N–H and O–H groups in total. The van der Waals surface area contributed by atoms with Crippen LogP contribution in [0.4, 0.5) is 4.79 Å². The van der Waals surface area contributed by atoms with E-state index in [9.17, 15) is 14.4 Å². The summed E-state index contributed by atoms with van der Waals surface area (Å²) in [5, 5.41) is 13.6. The van der Waals surface area contributed by atoms with Gasteiger partial charge in [-0.2, -0.15) is 0 Å². The summed E-state index contributed by atoms with van der Waals surface area (Å²) in [6.45, 7) is 4.14. The molecule has 0 spiro atoms. The third kappa shape index (κ3) is 9.87. The predicted molar refractivity (Wildman–Crippen MR) is 68.7 cm³/mol. The minimum absolute atomic E-state index is 0.113. The minimum Gasteiger partial charge on any atom is -0.481 e. The van der Waals surface area contributed by atoms with E-state index in [0.29, 0.717) is 19.4 Å². The second-order valence-electron chi connectivity index (χ2n) is 4.99. The number of carbonyl (C=O) groups is 3. The van der Waals surface area contributed by atoms with Crippen molar-refractivity contribution in [3.05, 3.63) is 0 Å². The lowest BCUT2D eigenvalue weighted by atomic mass is 9.84. The van der Waals surface area contributed by atoms with Gasteiger partial charge in [-0.25, -0.2) is 4.79 Å². The molecular formula is C12H22N2O5. The molecule has 0 aromatic rings. The van der Waals surface area contributed by atoms with Crippen molar-refractivity contribution in [3.8, 4) is 0 Å². The largest absolute Gasteiger partial charge is 0.481 e. The van der Waals surface area contributed by atoms with Crippen molar-refractivity contribution < 1.29 is 24.2 Å². The smallest absolute Gasteiger partial charge is 0.325 e. The molecule has 19 heavy (non-hydrogen) atoms. The second-order valence-corrected chi connectivity index (χ2v) is 4.99. The van der Waals surface area contributed by atoms with E-state index < -0.39 is 18.0 Å². The SMILES string of the molecule is COC(=O)CNC(=O)NCCC(C)(C)CCC(=O)O. The van der Waals surface area contributed by atoms with Gasteiger partial charge in [-0.3, -0.25) is 9.59 Å². The van der Waals surface area contributed by atoms with Gasteiger partial charge in [0, 0.05) is 13.0 Å². The number of amides is 2. The first-order chi connectivity index (χ1) is 8.76. The Morgan fingerprint density at radius 2 is 1.79 bits per heavy atom. The molecule has 0 rings (SSSR count). The van der Waals surface area contributed by atoms with Crippen LogP contribution in [-0.4, -0.2) is 43.3 Å². The highest BCUT2D eigenvalue weighted by molar-refractivity contribution is 5.80. The highest BCUT2D eigenvalue weighted by Gasteiger charge is 2.19. The molecule has 110 valence electrons. The maximum Gasteiger partial charge on any atom is 0.325 e. The zero-order valence-electron chi connectivity index (χ0n) is 11.6. The van der Waals surface area contributed by atoms with Crippen LogP contribution in [0, 0.1) is 5.41 Å². The summed E-state index contributed by atoms with van der Waals surface area (Å²) in [4.78, 5) is 32.6. The van der Waals surface area contributed by atoms with Crippen molar-refractivity contribution in [2.75, 3.05) is 20.2 Å². The van der Waals surface area contributed by atoms with Crippen molar-refractivity contribution in [1.82, 2.24) is 10.6 Å². The quantitative estimate of drug-likeness (QED) is 0.566. The maximum atomic E-state index is 11.3. The average molecular weight is 274 g/mol. The Morgan fingerprint density at radius 1 is 1.16 bits per heavy atom. The number of carbonyl (C=O) groups excluding carboxylic acids is 2. The first-order valence-corrected chi connectivity index (χ1v) is 6.07. The highest BCUT2D eigenvalue weighted by atomic mass is 16.5. The molecule has 0 atom stereocenters. The summed E-state index contributed by atoms with van der Waals surface area (Å²) in [6.07, 6.45) is 1.32. The molecule has 0 aliphatic carbocycles. The molecule has 0 aliphatic rings. The number of hydrogen-bond donors (Lipinski definition) is 3. The van der Waals surface area contributed by atoms with Crippen LogP contribution in [0.5, 0.6) is 0 Å². The van der Waals surface area contributed by atoms with E-state index in [0.717, 1.165) is 0 Å². The van der Waals surface area contributed by atoms with Crippen molar-refractivity contribution in [3.63, 3.8) is 0 Å². The molecule has 0 aromatic carbocycles. The molecule has 0 aliphatic heterocycles. The Morgan fingerprint density at radius 3 is 2.32 bits per heavy atom. The summed E-state index contributed by atoms with van der Waals surface area (Å²) in [5.74, 6) is -1.34. The van der Waals surface area contributed by atoms with Gasteiger partial charge in [-0.15, -0.1) is 0 Å². The zero-order valence-corrected chi connectivity index (χ0v) is 11.6. The van der Waals surface area contributed by atoms with Gasteiger partial charge in [0.1, 0.15) is 6.54 Å². The molecule has 0 radical (unpaired) electrons. The monoisotopic (exact) mass is 274 g/mol. The lowest BCUT2D eigenvalue weighted by molar-refractivity contribution is -0.139. The lowest BCUT2D eigenvalue weighted by Gasteiger charge is -2.23. The van der Waals surface area contributed by atoms with Crippen molar-refractivity contribution in [2.45, 2.75) is 33.1 Å². The van der Waals surface area contributed by atoms with Gasteiger partial charge < -0.3 is 20.5 Å². The summed E-state index contributed by atoms with van der Waals surface area (Å²) in [5.41, 5.74) is -0.159. The van der Waals surface area contributed by atoms with Gasteiger partial charge in [0.05, 0.1) is 7.11 Å². The molecule has 0 fully saturated rings. The fourth-order valence-electron chi connectivity index (χ4n) is 1.37. The highest BCUT2D eigenvalue weighted by Crippen LogP contribution is 2.25. The molecule has 0 heterocycles. The molecule has 7 heteroatoms. The van der Waals surface area contributed by atoms with Gasteiger partial charge in [0.15, 0.2) is 0 Å². The topological polar surface area (TPSA) is 105 Å². The summed E-state index contributed by atoms with van der Waals surface area (Å²) in [6, 6.07) is -0.445. The van der Waals surface area contributed by atoms with Crippen molar-refractivity contribution in [1.29, 1.82) is 0 Å². The summed E-state index contributed by atoms with van der Waals surface area (Å²) >= 11 is 0. The van der Waals surface area contributed by atoms with Crippen molar-refractivity contribution >= 4 is 18.0 Å².